The molecule has 11 nitrogen and oxygen atoms in total. The number of hydrogen-bond acceptors (Lipinski definition) is 9. The van der Waals surface area contributed by atoms with Crippen molar-refractivity contribution < 1.29 is 24.8 Å². The number of aliphatic hydroxyl groups is 3. The fourth-order valence-corrected chi connectivity index (χ4v) is 3.27. The Morgan fingerprint density at radius 2 is 2.03 bits per heavy atom. The molecule has 1 aliphatic rings. The third kappa shape index (κ3) is 3.44. The van der Waals surface area contributed by atoms with E-state index < -0.39 is 36.7 Å². The largest absolute Gasteiger partial charge is 0.494 e. The first-order chi connectivity index (χ1) is 14.0. The minimum atomic E-state index is -1.36. The van der Waals surface area contributed by atoms with Crippen molar-refractivity contribution in [3.8, 4) is 5.75 Å². The Balaban J connectivity index is 1.76. The lowest BCUT2D eigenvalue weighted by Crippen LogP contribution is -2.33. The number of aromatic nitrogens is 4. The molecular weight excluding hydrogens is 382 g/mol. The van der Waals surface area contributed by atoms with E-state index in [9.17, 15) is 20.1 Å². The molecule has 154 valence electrons. The van der Waals surface area contributed by atoms with Crippen molar-refractivity contribution in [3.05, 3.63) is 40.9 Å². The van der Waals surface area contributed by atoms with Gasteiger partial charge in [0, 0.05) is 5.69 Å². The van der Waals surface area contributed by atoms with Gasteiger partial charge < -0.3 is 35.1 Å². The van der Waals surface area contributed by atoms with E-state index in [0.29, 0.717) is 18.0 Å². The van der Waals surface area contributed by atoms with Crippen molar-refractivity contribution >= 4 is 22.8 Å². The molecule has 1 aliphatic heterocycles. The van der Waals surface area contributed by atoms with Gasteiger partial charge in [0.1, 0.15) is 24.1 Å². The average Bonchev–Trinajstić information content (AvgIpc) is 3.22. The summed E-state index contributed by atoms with van der Waals surface area (Å²) >= 11 is 0. The number of aromatic amines is 1. The zero-order valence-electron chi connectivity index (χ0n) is 15.5. The van der Waals surface area contributed by atoms with Crippen molar-refractivity contribution in [1.29, 1.82) is 0 Å². The summed E-state index contributed by atoms with van der Waals surface area (Å²) < 4.78 is 12.4. The van der Waals surface area contributed by atoms with E-state index in [1.807, 2.05) is 6.92 Å². The second-order valence-electron chi connectivity index (χ2n) is 6.52. The number of imidazole rings is 1. The molecule has 0 aliphatic carbocycles. The number of aliphatic hydroxyl groups excluding tert-OH is 3. The highest BCUT2D eigenvalue weighted by molar-refractivity contribution is 5.75. The van der Waals surface area contributed by atoms with E-state index in [1.165, 1.54) is 10.9 Å². The van der Waals surface area contributed by atoms with E-state index in [2.05, 4.69) is 20.3 Å². The van der Waals surface area contributed by atoms with Gasteiger partial charge in [-0.05, 0) is 31.2 Å². The van der Waals surface area contributed by atoms with Gasteiger partial charge >= 0.3 is 0 Å². The van der Waals surface area contributed by atoms with E-state index in [-0.39, 0.29) is 17.1 Å². The first-order valence-electron chi connectivity index (χ1n) is 9.11. The topological polar surface area (TPSA) is 155 Å². The van der Waals surface area contributed by atoms with Gasteiger partial charge in [0.2, 0.25) is 5.95 Å². The van der Waals surface area contributed by atoms with Crippen molar-refractivity contribution in [2.24, 2.45) is 0 Å². The van der Waals surface area contributed by atoms with Crippen LogP contribution in [0, 0.1) is 0 Å². The zero-order valence-corrected chi connectivity index (χ0v) is 15.5. The number of benzene rings is 1. The van der Waals surface area contributed by atoms with E-state index in [4.69, 9.17) is 9.47 Å². The van der Waals surface area contributed by atoms with Crippen LogP contribution in [0.4, 0.5) is 11.6 Å². The minimum Gasteiger partial charge on any atom is -0.494 e. The van der Waals surface area contributed by atoms with Gasteiger partial charge in [-0.25, -0.2) is 9.97 Å². The molecule has 3 heterocycles. The van der Waals surface area contributed by atoms with Crippen LogP contribution in [-0.4, -0.2) is 66.4 Å². The fourth-order valence-electron chi connectivity index (χ4n) is 3.27. The molecule has 2 aromatic heterocycles. The summed E-state index contributed by atoms with van der Waals surface area (Å²) in [6.07, 6.45) is -3.53. The highest BCUT2D eigenvalue weighted by Gasteiger charge is 2.45. The van der Waals surface area contributed by atoms with Gasteiger partial charge in [-0.2, -0.15) is 0 Å². The molecule has 1 aromatic carbocycles. The van der Waals surface area contributed by atoms with Gasteiger partial charge in [-0.1, -0.05) is 0 Å². The second kappa shape index (κ2) is 7.79. The van der Waals surface area contributed by atoms with Gasteiger partial charge in [-0.15, -0.1) is 0 Å². The minimum absolute atomic E-state index is 0.0404. The molecule has 0 bridgehead atoms. The molecule has 29 heavy (non-hydrogen) atoms. The van der Waals surface area contributed by atoms with Crippen LogP contribution >= 0.6 is 0 Å². The lowest BCUT2D eigenvalue weighted by Gasteiger charge is -2.19. The molecule has 1 saturated heterocycles. The molecular formula is C18H21N5O6. The van der Waals surface area contributed by atoms with Gasteiger partial charge in [0.15, 0.2) is 17.4 Å². The summed E-state index contributed by atoms with van der Waals surface area (Å²) in [7, 11) is 0. The number of rotatable bonds is 6. The third-order valence-electron chi connectivity index (χ3n) is 4.68. The Hall–Kier alpha value is -2.99. The summed E-state index contributed by atoms with van der Waals surface area (Å²) in [5.41, 5.74) is 0.388. The molecule has 5 N–H and O–H groups in total. The summed E-state index contributed by atoms with van der Waals surface area (Å²) in [4.78, 5) is 23.1. The lowest BCUT2D eigenvalue weighted by atomic mass is 10.1. The molecule has 11 heteroatoms. The first-order valence-corrected chi connectivity index (χ1v) is 9.11. The van der Waals surface area contributed by atoms with Crippen LogP contribution in [-0.2, 0) is 4.74 Å². The predicted octanol–water partition coefficient (Wildman–Crippen LogP) is -0.127. The van der Waals surface area contributed by atoms with E-state index in [1.54, 1.807) is 24.3 Å². The Bertz CT molecular complexity index is 1050. The molecule has 4 rings (SSSR count). The van der Waals surface area contributed by atoms with Crippen molar-refractivity contribution in [1.82, 2.24) is 19.5 Å². The highest BCUT2D eigenvalue weighted by Crippen LogP contribution is 2.34. The Kier molecular flexibility index (Phi) is 5.20. The summed E-state index contributed by atoms with van der Waals surface area (Å²) in [6.45, 7) is 1.96. The van der Waals surface area contributed by atoms with Crippen LogP contribution < -0.4 is 15.6 Å². The van der Waals surface area contributed by atoms with Crippen LogP contribution in [0.15, 0.2) is 35.4 Å². The van der Waals surface area contributed by atoms with Crippen molar-refractivity contribution in [3.63, 3.8) is 0 Å². The normalized spacial score (nSPS) is 24.1. The highest BCUT2D eigenvalue weighted by atomic mass is 16.6. The smallest absolute Gasteiger partial charge is 0.278 e. The van der Waals surface area contributed by atoms with Crippen molar-refractivity contribution in [2.75, 3.05) is 18.5 Å². The van der Waals surface area contributed by atoms with Crippen molar-refractivity contribution in [2.45, 2.75) is 31.5 Å². The standard InChI is InChI=1S/C18H21N5O6/c1-2-28-10-5-3-9(4-6-10)21-18-22-12-15(19-8-20-16(12)27)23(18)17-14(26)13(25)11(7-24)29-17/h3-6,8,11,13-14,17,24-26H,2,7H2,1H3,(H,21,22)(H,19,20,27)/t11-,13+,14-,17-/m0/s1. The van der Waals surface area contributed by atoms with E-state index in [0.717, 1.165) is 0 Å². The summed E-state index contributed by atoms with van der Waals surface area (Å²) in [6, 6.07) is 7.08. The molecule has 0 spiro atoms. The van der Waals surface area contributed by atoms with Gasteiger partial charge in [0.25, 0.3) is 5.56 Å². The van der Waals surface area contributed by atoms with Crippen LogP contribution in [0.5, 0.6) is 5.75 Å². The van der Waals surface area contributed by atoms with Crippen LogP contribution in [0.1, 0.15) is 13.2 Å². The molecule has 0 unspecified atom stereocenters. The van der Waals surface area contributed by atoms with E-state index >= 15 is 0 Å². The first kappa shape index (κ1) is 19.3. The molecule has 4 atom stereocenters. The van der Waals surface area contributed by atoms with Gasteiger partial charge in [-0.3, -0.25) is 9.36 Å². The SMILES string of the molecule is CCOc1ccc(Nc2nc3c(=O)[nH]cnc3n2[C@H]2O[C@@H](CO)[C@@H](O)[C@@H]2O)cc1. The number of anilines is 2. The maximum atomic E-state index is 12.2. The number of nitrogens with one attached hydrogen (secondary N) is 2. The molecule has 0 radical (unpaired) electrons. The molecule has 0 amide bonds. The Morgan fingerprint density at radius 3 is 2.69 bits per heavy atom. The average molecular weight is 403 g/mol. The quantitative estimate of drug-likeness (QED) is 0.379. The third-order valence-corrected chi connectivity index (χ3v) is 4.68. The number of H-pyrrole nitrogens is 1. The predicted molar refractivity (Wildman–Crippen MR) is 102 cm³/mol. The number of fused-ring (bicyclic) bond motifs is 1. The number of ether oxygens (including phenoxy) is 2. The van der Waals surface area contributed by atoms with Crippen LogP contribution in [0.25, 0.3) is 11.2 Å². The Morgan fingerprint density at radius 1 is 1.28 bits per heavy atom. The van der Waals surface area contributed by atoms with Crippen LogP contribution in [0.3, 0.4) is 0 Å². The molecule has 0 saturated carbocycles. The second-order valence-corrected chi connectivity index (χ2v) is 6.52. The molecule has 3 aromatic rings. The monoisotopic (exact) mass is 403 g/mol. The summed E-state index contributed by atoms with van der Waals surface area (Å²) in [5.74, 6) is 0.885. The van der Waals surface area contributed by atoms with Crippen LogP contribution in [0.2, 0.25) is 0 Å². The number of nitrogens with zero attached hydrogens (tertiary/aromatic N) is 3. The maximum absolute atomic E-state index is 12.2. The van der Waals surface area contributed by atoms with Gasteiger partial charge in [0.05, 0.1) is 19.5 Å². The molecule has 1 fully saturated rings. The zero-order chi connectivity index (χ0) is 20.5. The fraction of sp³-hybridized carbons (Fsp3) is 0.389. The lowest BCUT2D eigenvalue weighted by molar-refractivity contribution is -0.0501. The summed E-state index contributed by atoms with van der Waals surface area (Å²) in [5, 5.41) is 33.0. The Labute approximate surface area is 164 Å². The number of hydrogen-bond donors (Lipinski definition) is 5. The maximum Gasteiger partial charge on any atom is 0.278 e.